The lowest BCUT2D eigenvalue weighted by atomic mass is 9.77. The number of anilines is 1. The summed E-state index contributed by atoms with van der Waals surface area (Å²) < 4.78 is 25.3. The minimum atomic E-state index is -0.310. The van der Waals surface area contributed by atoms with Gasteiger partial charge in [-0.2, -0.15) is 5.10 Å². The Kier molecular flexibility index (Phi) is 9.36. The average molecular weight is 524 g/mol. The molecule has 204 valence electrons. The zero-order valence-electron chi connectivity index (χ0n) is 22.6. The fourth-order valence-electron chi connectivity index (χ4n) is 4.80. The number of benzene rings is 2. The van der Waals surface area contributed by atoms with Crippen molar-refractivity contribution in [3.8, 4) is 22.6 Å². The van der Waals surface area contributed by atoms with Crippen molar-refractivity contribution in [3.05, 3.63) is 59.2 Å². The smallest absolute Gasteiger partial charge is 0.143 e. The molecule has 2 heterocycles. The molecular formula is C29H38FN5O3. The van der Waals surface area contributed by atoms with E-state index in [1.807, 2.05) is 19.0 Å². The largest absolute Gasteiger partial charge is 0.496 e. The van der Waals surface area contributed by atoms with E-state index in [4.69, 9.17) is 9.47 Å². The molecule has 1 unspecified atom stereocenters. The maximum atomic E-state index is 14.1. The summed E-state index contributed by atoms with van der Waals surface area (Å²) in [5.41, 5.74) is 5.50. The van der Waals surface area contributed by atoms with Crippen LogP contribution in [0.5, 0.6) is 11.5 Å². The first kappa shape index (κ1) is 27.6. The molecule has 2 aliphatic rings. The molecule has 0 amide bonds. The molecule has 1 aliphatic carbocycles. The second-order valence-electron chi connectivity index (χ2n) is 9.96. The molecule has 2 aromatic carbocycles. The Balaban J connectivity index is 0.000000178. The van der Waals surface area contributed by atoms with Crippen LogP contribution in [0.4, 0.5) is 10.1 Å². The normalized spacial score (nSPS) is 16.6. The van der Waals surface area contributed by atoms with Crippen molar-refractivity contribution >= 4 is 12.0 Å². The van der Waals surface area contributed by atoms with Crippen LogP contribution in [0, 0.1) is 5.82 Å². The molecule has 0 spiro atoms. The lowest BCUT2D eigenvalue weighted by Gasteiger charge is -2.31. The van der Waals surface area contributed by atoms with E-state index in [0.29, 0.717) is 35.1 Å². The Bertz CT molecular complexity index is 1210. The van der Waals surface area contributed by atoms with Crippen LogP contribution in [0.25, 0.3) is 11.1 Å². The minimum absolute atomic E-state index is 0.140. The van der Waals surface area contributed by atoms with Crippen molar-refractivity contribution in [2.24, 2.45) is 0 Å². The van der Waals surface area contributed by atoms with E-state index in [9.17, 15) is 9.18 Å². The van der Waals surface area contributed by atoms with Crippen molar-refractivity contribution in [3.63, 3.8) is 0 Å². The Morgan fingerprint density at radius 2 is 2.00 bits per heavy atom. The zero-order chi connectivity index (χ0) is 27.1. The molecule has 9 heteroatoms. The number of nitrogens with zero attached hydrogens (tertiary/aromatic N) is 2. The molecular weight excluding hydrogens is 485 g/mol. The van der Waals surface area contributed by atoms with Crippen LogP contribution in [0.3, 0.4) is 0 Å². The van der Waals surface area contributed by atoms with E-state index in [1.54, 1.807) is 32.6 Å². The van der Waals surface area contributed by atoms with Crippen LogP contribution >= 0.6 is 0 Å². The molecule has 8 nitrogen and oxygen atoms in total. The van der Waals surface area contributed by atoms with Crippen molar-refractivity contribution in [1.29, 1.82) is 0 Å². The Hall–Kier alpha value is -3.43. The fourth-order valence-corrected chi connectivity index (χ4v) is 4.80. The number of carbonyl (C=O) groups is 1. The summed E-state index contributed by atoms with van der Waals surface area (Å²) in [6.45, 7) is 2.20. The second-order valence-corrected chi connectivity index (χ2v) is 9.96. The Morgan fingerprint density at radius 3 is 2.61 bits per heavy atom. The highest BCUT2D eigenvalue weighted by Gasteiger charge is 2.27. The molecule has 1 aromatic heterocycles. The number of ether oxygens (including phenoxy) is 2. The van der Waals surface area contributed by atoms with E-state index in [-0.39, 0.29) is 11.9 Å². The monoisotopic (exact) mass is 523 g/mol. The molecule has 0 radical (unpaired) electrons. The van der Waals surface area contributed by atoms with E-state index in [2.05, 4.69) is 33.0 Å². The van der Waals surface area contributed by atoms with Crippen LogP contribution in [-0.4, -0.2) is 69.3 Å². The van der Waals surface area contributed by atoms with Gasteiger partial charge in [0.1, 0.15) is 30.2 Å². The van der Waals surface area contributed by atoms with Gasteiger partial charge in [0.05, 0.1) is 25.0 Å². The fraction of sp³-hybridized carbons (Fsp3) is 0.448. The van der Waals surface area contributed by atoms with Gasteiger partial charge in [-0.1, -0.05) is 6.42 Å². The van der Waals surface area contributed by atoms with Gasteiger partial charge >= 0.3 is 0 Å². The number of methoxy groups -OCH3 is 1. The highest BCUT2D eigenvalue weighted by molar-refractivity contribution is 5.70. The number of hydrogen-bond acceptors (Lipinski definition) is 7. The van der Waals surface area contributed by atoms with Gasteiger partial charge in [-0.25, -0.2) is 4.39 Å². The summed E-state index contributed by atoms with van der Waals surface area (Å²) in [5.74, 6) is 1.95. The third-order valence-electron chi connectivity index (χ3n) is 7.21. The third kappa shape index (κ3) is 6.34. The first-order chi connectivity index (χ1) is 18.4. The van der Waals surface area contributed by atoms with Gasteiger partial charge in [0.25, 0.3) is 0 Å². The van der Waals surface area contributed by atoms with Gasteiger partial charge in [-0.3, -0.25) is 5.10 Å². The summed E-state index contributed by atoms with van der Waals surface area (Å²) in [7, 11) is 7.43. The maximum absolute atomic E-state index is 14.1. The molecule has 1 fully saturated rings. The van der Waals surface area contributed by atoms with E-state index in [0.717, 1.165) is 37.1 Å². The van der Waals surface area contributed by atoms with Gasteiger partial charge in [-0.15, -0.1) is 0 Å². The highest BCUT2D eigenvalue weighted by atomic mass is 19.1. The molecule has 1 saturated carbocycles. The number of fused-ring (bicyclic) bond motifs is 1. The third-order valence-corrected chi connectivity index (χ3v) is 7.21. The van der Waals surface area contributed by atoms with Crippen molar-refractivity contribution in [1.82, 2.24) is 20.4 Å². The Morgan fingerprint density at radius 1 is 1.18 bits per heavy atom. The quantitative estimate of drug-likeness (QED) is 0.355. The van der Waals surface area contributed by atoms with E-state index >= 15 is 0 Å². The topological polar surface area (TPSA) is 91.5 Å². The summed E-state index contributed by atoms with van der Waals surface area (Å²) >= 11 is 0. The summed E-state index contributed by atoms with van der Waals surface area (Å²) in [4.78, 5) is 13.2. The first-order valence-corrected chi connectivity index (χ1v) is 13.1. The number of carbonyl (C=O) groups excluding carboxylic acids is 1. The van der Waals surface area contributed by atoms with Crippen LogP contribution in [0.2, 0.25) is 0 Å². The van der Waals surface area contributed by atoms with Gasteiger partial charge in [0, 0.05) is 43.5 Å². The molecule has 1 aliphatic heterocycles. The number of halogens is 1. The van der Waals surface area contributed by atoms with Crippen LogP contribution in [0.1, 0.15) is 47.9 Å². The second kappa shape index (κ2) is 12.9. The number of nitrogens with one attached hydrogen (secondary N) is 3. The minimum Gasteiger partial charge on any atom is -0.496 e. The van der Waals surface area contributed by atoms with Gasteiger partial charge in [-0.05, 0) is 74.2 Å². The number of aldehydes is 1. The predicted octanol–water partition coefficient (Wildman–Crippen LogP) is 4.55. The number of H-pyrrole nitrogens is 1. The van der Waals surface area contributed by atoms with Crippen molar-refractivity contribution in [2.45, 2.75) is 37.6 Å². The molecule has 3 N–H and O–H groups in total. The van der Waals surface area contributed by atoms with Gasteiger partial charge in [0.2, 0.25) is 0 Å². The number of hydrogen-bond donors (Lipinski definition) is 3. The van der Waals surface area contributed by atoms with E-state index < -0.39 is 0 Å². The molecule has 1 atom stereocenters. The van der Waals surface area contributed by atoms with Gasteiger partial charge < -0.3 is 29.8 Å². The lowest BCUT2D eigenvalue weighted by molar-refractivity contribution is -0.109. The molecule has 38 heavy (non-hydrogen) atoms. The highest BCUT2D eigenvalue weighted by Crippen LogP contribution is 2.43. The van der Waals surface area contributed by atoms with Crippen molar-refractivity contribution in [2.75, 3.05) is 53.3 Å². The average Bonchev–Trinajstić information content (AvgIpc) is 3.42. The summed E-state index contributed by atoms with van der Waals surface area (Å²) in [6, 6.07) is 7.33. The van der Waals surface area contributed by atoms with Crippen molar-refractivity contribution < 1.29 is 18.7 Å². The first-order valence-electron chi connectivity index (χ1n) is 13.1. The molecule has 0 bridgehead atoms. The molecule has 5 rings (SSSR count). The lowest BCUT2D eigenvalue weighted by Crippen LogP contribution is -2.31. The van der Waals surface area contributed by atoms with Crippen LogP contribution < -0.4 is 20.1 Å². The summed E-state index contributed by atoms with van der Waals surface area (Å²) in [5, 5.41) is 12.7. The van der Waals surface area contributed by atoms with Crippen LogP contribution in [0.15, 0.2) is 36.7 Å². The number of aromatic amines is 1. The Labute approximate surface area is 223 Å². The zero-order valence-corrected chi connectivity index (χ0v) is 22.6. The number of likely N-dealkylation sites (N-methyl/N-ethyl adjacent to an activating group) is 1. The van der Waals surface area contributed by atoms with Crippen LogP contribution in [-0.2, 0) is 11.2 Å². The maximum Gasteiger partial charge on any atom is 0.143 e. The number of aromatic nitrogens is 2. The molecule has 0 saturated heterocycles. The van der Waals surface area contributed by atoms with E-state index in [1.165, 1.54) is 36.5 Å². The number of rotatable bonds is 9. The summed E-state index contributed by atoms with van der Waals surface area (Å²) in [6.07, 6.45) is 9.01. The SMILES string of the molecule is CNc1cc(F)c(-c2cn[nH]c2)cc1OCCN(C)C.COc1cc2c(cc1C1CCC1)C(C=O)NCC2. The standard InChI is InChI=1S/C15H19NO2.C14H19FN4O/c1-18-15-7-11-5-6-16-14(9-17)12(11)8-13(15)10-3-2-4-10;1-16-13-7-12(15)11(10-8-17-18-9-10)6-14(13)20-5-4-19(2)3/h7-10,14,16H,2-6H2,1H3;6-9,16H,4-5H2,1-3H3,(H,17,18). The predicted molar refractivity (Wildman–Crippen MR) is 148 cm³/mol. The van der Waals surface area contributed by atoms with Gasteiger partial charge in [0.15, 0.2) is 0 Å². The molecule has 3 aromatic rings.